The van der Waals surface area contributed by atoms with Crippen molar-refractivity contribution in [2.24, 2.45) is 11.8 Å². The predicted octanol–water partition coefficient (Wildman–Crippen LogP) is 4.16. The summed E-state index contributed by atoms with van der Waals surface area (Å²) in [6.07, 6.45) is 4.87. The molecule has 2 aromatic rings. The number of amides is 1. The highest BCUT2D eigenvalue weighted by Gasteiger charge is 2.40. The van der Waals surface area contributed by atoms with Crippen molar-refractivity contribution < 1.29 is 13.2 Å². The summed E-state index contributed by atoms with van der Waals surface area (Å²) >= 11 is 0. The number of carbonyl (C=O) groups is 1. The Labute approximate surface area is 179 Å². The first-order chi connectivity index (χ1) is 14.2. The van der Waals surface area contributed by atoms with Crippen LogP contribution in [0.2, 0.25) is 0 Å². The molecule has 0 radical (unpaired) electrons. The Hall–Kier alpha value is -2.34. The van der Waals surface area contributed by atoms with E-state index in [4.69, 9.17) is 0 Å². The minimum Gasteiger partial charge on any atom is -0.376 e. The molecule has 2 aliphatic rings. The van der Waals surface area contributed by atoms with E-state index in [9.17, 15) is 13.2 Å². The molecule has 0 spiro atoms. The van der Waals surface area contributed by atoms with E-state index >= 15 is 0 Å². The molecule has 1 amide bonds. The summed E-state index contributed by atoms with van der Waals surface area (Å²) in [5.74, 6) is 1.38. The highest BCUT2D eigenvalue weighted by atomic mass is 32.2. The molecule has 3 atom stereocenters. The number of benzene rings is 2. The number of sulfone groups is 1. The summed E-state index contributed by atoms with van der Waals surface area (Å²) in [6.45, 7) is 5.73. The second-order valence-corrected chi connectivity index (χ2v) is 10.9. The Morgan fingerprint density at radius 1 is 1.00 bits per heavy atom. The average molecular weight is 427 g/mol. The number of fused-ring (bicyclic) bond motifs is 2. The summed E-state index contributed by atoms with van der Waals surface area (Å²) in [4.78, 5) is 13.0. The zero-order valence-corrected chi connectivity index (χ0v) is 18.7. The fraction of sp³-hybridized carbons (Fsp3) is 0.458. The molecule has 160 valence electrons. The van der Waals surface area contributed by atoms with Crippen molar-refractivity contribution in [3.8, 4) is 0 Å². The largest absolute Gasteiger partial charge is 0.376 e. The maximum absolute atomic E-state index is 13.2. The maximum Gasteiger partial charge on any atom is 0.239 e. The number of carbonyl (C=O) groups excluding carboxylic acids is 1. The van der Waals surface area contributed by atoms with Gasteiger partial charge in [-0.2, -0.15) is 0 Å². The lowest BCUT2D eigenvalue weighted by atomic mass is 9.95. The Balaban J connectivity index is 1.50. The standard InChI is InChI=1S/C24H30N2O3S/c1-15-4-8-20(9-5-15)30(28,29)23-11-16(2)10-21(17(23)3)25-14-24(27)26-22-13-18-6-7-19(22)12-18/h4-5,8-11,18-19,22,25H,6-7,12-14H2,1-3H3,(H,26,27). The minimum atomic E-state index is -3.63. The fourth-order valence-corrected chi connectivity index (χ4v) is 6.59. The molecule has 30 heavy (non-hydrogen) atoms. The number of nitrogens with one attached hydrogen (secondary N) is 2. The van der Waals surface area contributed by atoms with Gasteiger partial charge in [0.2, 0.25) is 15.7 Å². The first kappa shape index (κ1) is 20.9. The van der Waals surface area contributed by atoms with Crippen LogP contribution in [0.3, 0.4) is 0 Å². The molecule has 2 aliphatic carbocycles. The van der Waals surface area contributed by atoms with Gasteiger partial charge in [-0.3, -0.25) is 4.79 Å². The van der Waals surface area contributed by atoms with Gasteiger partial charge in [0.1, 0.15) is 0 Å². The molecule has 2 N–H and O–H groups in total. The molecule has 3 unspecified atom stereocenters. The van der Waals surface area contributed by atoms with Crippen LogP contribution in [0, 0.1) is 32.6 Å². The molecule has 0 heterocycles. The zero-order chi connectivity index (χ0) is 21.5. The van der Waals surface area contributed by atoms with E-state index in [1.807, 2.05) is 19.9 Å². The van der Waals surface area contributed by atoms with Gasteiger partial charge in [-0.15, -0.1) is 0 Å². The van der Waals surface area contributed by atoms with E-state index in [1.54, 1.807) is 37.3 Å². The van der Waals surface area contributed by atoms with E-state index in [0.29, 0.717) is 23.2 Å². The third-order valence-electron chi connectivity index (χ3n) is 6.65. The van der Waals surface area contributed by atoms with E-state index in [0.717, 1.165) is 23.5 Å². The Bertz CT molecular complexity index is 1060. The molecule has 4 rings (SSSR count). The van der Waals surface area contributed by atoms with E-state index < -0.39 is 9.84 Å². The van der Waals surface area contributed by atoms with Gasteiger partial charge in [-0.1, -0.05) is 24.1 Å². The number of anilines is 1. The number of hydrogen-bond donors (Lipinski definition) is 2. The Morgan fingerprint density at radius 2 is 1.73 bits per heavy atom. The minimum absolute atomic E-state index is 0.0311. The van der Waals surface area contributed by atoms with E-state index in [2.05, 4.69) is 10.6 Å². The normalized spacial score (nSPS) is 22.8. The summed E-state index contributed by atoms with van der Waals surface area (Å²) < 4.78 is 26.4. The number of rotatable bonds is 6. The van der Waals surface area contributed by atoms with Crippen LogP contribution in [0.25, 0.3) is 0 Å². The van der Waals surface area contributed by atoms with Crippen LogP contribution in [0.15, 0.2) is 46.2 Å². The van der Waals surface area contributed by atoms with E-state index in [-0.39, 0.29) is 22.2 Å². The lowest BCUT2D eigenvalue weighted by Crippen LogP contribution is -2.41. The third-order valence-corrected chi connectivity index (χ3v) is 8.54. The second-order valence-electron chi connectivity index (χ2n) is 8.95. The van der Waals surface area contributed by atoms with Crippen molar-refractivity contribution in [3.63, 3.8) is 0 Å². The van der Waals surface area contributed by atoms with Crippen LogP contribution in [0.1, 0.15) is 42.4 Å². The Morgan fingerprint density at radius 3 is 2.37 bits per heavy atom. The number of aryl methyl sites for hydroxylation is 2. The topological polar surface area (TPSA) is 75.3 Å². The van der Waals surface area contributed by atoms with Gasteiger partial charge in [-0.25, -0.2) is 8.42 Å². The first-order valence-corrected chi connectivity index (χ1v) is 12.2. The monoisotopic (exact) mass is 426 g/mol. The summed E-state index contributed by atoms with van der Waals surface area (Å²) in [5, 5.41) is 6.34. The average Bonchev–Trinajstić information content (AvgIpc) is 3.31. The molecule has 2 aromatic carbocycles. The predicted molar refractivity (Wildman–Crippen MR) is 118 cm³/mol. The highest BCUT2D eigenvalue weighted by molar-refractivity contribution is 7.91. The van der Waals surface area contributed by atoms with Crippen LogP contribution in [-0.2, 0) is 14.6 Å². The summed E-state index contributed by atoms with van der Waals surface area (Å²) in [5.41, 5.74) is 3.17. The maximum atomic E-state index is 13.2. The smallest absolute Gasteiger partial charge is 0.239 e. The van der Waals surface area contributed by atoms with Crippen molar-refractivity contribution >= 4 is 21.4 Å². The highest BCUT2D eigenvalue weighted by Crippen LogP contribution is 2.44. The van der Waals surface area contributed by atoms with Gasteiger partial charge in [0.05, 0.1) is 16.3 Å². The lowest BCUT2D eigenvalue weighted by molar-refractivity contribution is -0.120. The van der Waals surface area contributed by atoms with Crippen molar-refractivity contribution in [2.75, 3.05) is 11.9 Å². The van der Waals surface area contributed by atoms with Crippen LogP contribution >= 0.6 is 0 Å². The van der Waals surface area contributed by atoms with Crippen molar-refractivity contribution in [1.29, 1.82) is 0 Å². The van der Waals surface area contributed by atoms with Crippen LogP contribution in [-0.4, -0.2) is 26.9 Å². The Kier molecular flexibility index (Phi) is 5.62. The summed E-state index contributed by atoms with van der Waals surface area (Å²) in [7, 11) is -3.63. The van der Waals surface area contributed by atoms with Gasteiger partial charge in [-0.05, 0) is 87.3 Å². The third kappa shape index (κ3) is 4.10. The zero-order valence-electron chi connectivity index (χ0n) is 17.9. The van der Waals surface area contributed by atoms with Gasteiger partial charge >= 0.3 is 0 Å². The van der Waals surface area contributed by atoms with Crippen molar-refractivity contribution in [3.05, 3.63) is 53.1 Å². The van der Waals surface area contributed by atoms with Crippen LogP contribution in [0.5, 0.6) is 0 Å². The van der Waals surface area contributed by atoms with Gasteiger partial charge < -0.3 is 10.6 Å². The molecule has 2 fully saturated rings. The summed E-state index contributed by atoms with van der Waals surface area (Å²) in [6, 6.07) is 10.8. The van der Waals surface area contributed by atoms with Crippen LogP contribution < -0.4 is 10.6 Å². The molecular formula is C24H30N2O3S. The number of hydrogen-bond acceptors (Lipinski definition) is 4. The van der Waals surface area contributed by atoms with Gasteiger partial charge in [0.15, 0.2) is 0 Å². The molecule has 6 heteroatoms. The van der Waals surface area contributed by atoms with Crippen molar-refractivity contribution in [1.82, 2.24) is 5.32 Å². The fourth-order valence-electron chi connectivity index (χ4n) is 4.99. The molecule has 0 saturated heterocycles. The molecule has 5 nitrogen and oxygen atoms in total. The SMILES string of the molecule is Cc1ccc(S(=O)(=O)c2cc(C)cc(NCC(=O)NC3CC4CCC3C4)c2C)cc1. The quantitative estimate of drug-likeness (QED) is 0.727. The second kappa shape index (κ2) is 8.06. The molecule has 0 aromatic heterocycles. The van der Waals surface area contributed by atoms with Gasteiger partial charge in [0, 0.05) is 11.7 Å². The molecule has 2 saturated carbocycles. The van der Waals surface area contributed by atoms with Crippen molar-refractivity contribution in [2.45, 2.75) is 62.3 Å². The van der Waals surface area contributed by atoms with Crippen LogP contribution in [0.4, 0.5) is 5.69 Å². The molecular weight excluding hydrogens is 396 g/mol. The van der Waals surface area contributed by atoms with Gasteiger partial charge in [0.25, 0.3) is 0 Å². The lowest BCUT2D eigenvalue weighted by Gasteiger charge is -2.23. The van der Waals surface area contributed by atoms with E-state index in [1.165, 1.54) is 19.3 Å². The first-order valence-electron chi connectivity index (χ1n) is 10.7. The molecule has 0 aliphatic heterocycles. The molecule has 2 bridgehead atoms.